The van der Waals surface area contributed by atoms with Gasteiger partial charge in [-0.15, -0.1) is 0 Å². The minimum Gasteiger partial charge on any atom is -0.383 e. The first kappa shape index (κ1) is 19.8. The molecule has 3 heterocycles. The highest BCUT2D eigenvalue weighted by molar-refractivity contribution is 5.76. The summed E-state index contributed by atoms with van der Waals surface area (Å²) in [5, 5.41) is 0. The predicted molar refractivity (Wildman–Crippen MR) is 107 cm³/mol. The van der Waals surface area contributed by atoms with E-state index in [0.29, 0.717) is 18.4 Å². The number of aryl methyl sites for hydroxylation is 1. The number of fused-ring (bicyclic) bond motifs is 1. The van der Waals surface area contributed by atoms with Crippen molar-refractivity contribution in [2.24, 2.45) is 5.41 Å². The van der Waals surface area contributed by atoms with Gasteiger partial charge in [0.25, 0.3) is 0 Å². The number of carbonyl (C=O) groups excluding carboxylic acids is 1. The summed E-state index contributed by atoms with van der Waals surface area (Å²) in [5.41, 5.74) is 2.16. The molecule has 6 nitrogen and oxygen atoms in total. The van der Waals surface area contributed by atoms with Crippen molar-refractivity contribution in [1.29, 1.82) is 0 Å². The molecule has 1 aliphatic rings. The Balaban J connectivity index is 1.63. The van der Waals surface area contributed by atoms with Crippen LogP contribution in [0.1, 0.15) is 58.3 Å². The van der Waals surface area contributed by atoms with Crippen molar-refractivity contribution in [2.45, 2.75) is 58.9 Å². The number of methoxy groups -OCH3 is 1. The monoisotopic (exact) mass is 372 g/mol. The molecule has 6 heteroatoms. The van der Waals surface area contributed by atoms with E-state index in [9.17, 15) is 4.79 Å². The molecule has 148 valence electrons. The average Bonchev–Trinajstić information content (AvgIpc) is 3.00. The summed E-state index contributed by atoms with van der Waals surface area (Å²) in [4.78, 5) is 23.9. The lowest BCUT2D eigenvalue weighted by Crippen LogP contribution is -2.41. The van der Waals surface area contributed by atoms with Crippen LogP contribution in [0, 0.1) is 5.41 Å². The van der Waals surface area contributed by atoms with Gasteiger partial charge in [0.2, 0.25) is 5.91 Å². The van der Waals surface area contributed by atoms with Crippen LogP contribution in [0.15, 0.2) is 18.3 Å². The van der Waals surface area contributed by atoms with E-state index in [-0.39, 0.29) is 11.9 Å². The van der Waals surface area contributed by atoms with Gasteiger partial charge in [-0.25, -0.2) is 9.97 Å². The quantitative estimate of drug-likeness (QED) is 0.745. The Morgan fingerprint density at radius 1 is 1.33 bits per heavy atom. The number of pyridine rings is 1. The zero-order valence-electron chi connectivity index (χ0n) is 17.1. The maximum atomic E-state index is 12.6. The van der Waals surface area contributed by atoms with E-state index in [1.807, 2.05) is 17.0 Å². The van der Waals surface area contributed by atoms with Crippen molar-refractivity contribution in [2.75, 3.05) is 26.8 Å². The number of carbonyl (C=O) groups is 1. The van der Waals surface area contributed by atoms with Crippen LogP contribution in [0.4, 0.5) is 0 Å². The summed E-state index contributed by atoms with van der Waals surface area (Å²) in [5.74, 6) is 1.26. The van der Waals surface area contributed by atoms with Crippen LogP contribution >= 0.6 is 0 Å². The van der Waals surface area contributed by atoms with Crippen molar-refractivity contribution in [3.63, 3.8) is 0 Å². The van der Waals surface area contributed by atoms with Gasteiger partial charge in [0.05, 0.1) is 12.6 Å². The molecule has 1 amide bonds. The summed E-state index contributed by atoms with van der Waals surface area (Å²) in [6, 6.07) is 4.05. The van der Waals surface area contributed by atoms with Gasteiger partial charge >= 0.3 is 0 Å². The zero-order valence-corrected chi connectivity index (χ0v) is 17.1. The second-order valence-corrected chi connectivity index (χ2v) is 8.45. The third-order valence-corrected chi connectivity index (χ3v) is 5.63. The van der Waals surface area contributed by atoms with Crippen molar-refractivity contribution in [1.82, 2.24) is 19.4 Å². The third-order valence-electron chi connectivity index (χ3n) is 5.63. The molecule has 0 aromatic carbocycles. The Bertz CT molecular complexity index is 774. The first-order chi connectivity index (χ1) is 12.9. The highest BCUT2D eigenvalue weighted by Gasteiger charge is 2.27. The number of rotatable bonds is 7. The van der Waals surface area contributed by atoms with Gasteiger partial charge in [-0.05, 0) is 43.7 Å². The Morgan fingerprint density at radius 2 is 2.07 bits per heavy atom. The van der Waals surface area contributed by atoms with Crippen LogP contribution in [0.3, 0.4) is 0 Å². The summed E-state index contributed by atoms with van der Waals surface area (Å²) < 4.78 is 7.49. The molecule has 1 atom stereocenters. The average molecular weight is 373 g/mol. The second-order valence-electron chi connectivity index (χ2n) is 8.45. The first-order valence-electron chi connectivity index (χ1n) is 10.00. The summed E-state index contributed by atoms with van der Waals surface area (Å²) in [6.07, 6.45) is 6.14. The third kappa shape index (κ3) is 4.67. The van der Waals surface area contributed by atoms with E-state index in [1.54, 1.807) is 13.3 Å². The summed E-state index contributed by atoms with van der Waals surface area (Å²) >= 11 is 0. The van der Waals surface area contributed by atoms with Crippen molar-refractivity contribution in [3.8, 4) is 0 Å². The van der Waals surface area contributed by atoms with Gasteiger partial charge in [0.1, 0.15) is 11.3 Å². The molecule has 0 bridgehead atoms. The maximum absolute atomic E-state index is 12.6. The van der Waals surface area contributed by atoms with E-state index in [2.05, 4.69) is 30.3 Å². The van der Waals surface area contributed by atoms with Crippen molar-refractivity contribution < 1.29 is 9.53 Å². The molecule has 0 aliphatic carbocycles. The second kappa shape index (κ2) is 8.38. The molecule has 0 saturated carbocycles. The predicted octanol–water partition coefficient (Wildman–Crippen LogP) is 3.61. The molecule has 0 unspecified atom stereocenters. The number of hydrogen-bond acceptors (Lipinski definition) is 4. The van der Waals surface area contributed by atoms with E-state index in [0.717, 1.165) is 55.8 Å². The van der Waals surface area contributed by atoms with Crippen LogP contribution in [0.5, 0.6) is 0 Å². The number of nitrogens with zero attached hydrogens (tertiary/aromatic N) is 4. The van der Waals surface area contributed by atoms with Gasteiger partial charge in [-0.3, -0.25) is 4.79 Å². The molecule has 0 spiro atoms. The SMILES string of the molecule is COC[C@@H](C)n1c(CCCC(=O)N2CCC(C)(C)CC2)nc2cccnc21. The van der Waals surface area contributed by atoms with Crippen LogP contribution in [0.25, 0.3) is 11.2 Å². The Hall–Kier alpha value is -1.95. The maximum Gasteiger partial charge on any atom is 0.222 e. The lowest BCUT2D eigenvalue weighted by atomic mass is 9.82. The summed E-state index contributed by atoms with van der Waals surface area (Å²) in [6.45, 7) is 9.07. The first-order valence-corrected chi connectivity index (χ1v) is 10.00. The van der Waals surface area contributed by atoms with Crippen molar-refractivity contribution in [3.05, 3.63) is 24.2 Å². The largest absolute Gasteiger partial charge is 0.383 e. The lowest BCUT2D eigenvalue weighted by Gasteiger charge is -2.37. The molecule has 1 aliphatic heterocycles. The molecular weight excluding hydrogens is 340 g/mol. The summed E-state index contributed by atoms with van der Waals surface area (Å²) in [7, 11) is 1.71. The fourth-order valence-corrected chi connectivity index (χ4v) is 3.85. The van der Waals surface area contributed by atoms with Gasteiger partial charge in [-0.2, -0.15) is 0 Å². The van der Waals surface area contributed by atoms with E-state index in [4.69, 9.17) is 9.72 Å². The van der Waals surface area contributed by atoms with Crippen LogP contribution < -0.4 is 0 Å². The fraction of sp³-hybridized carbons (Fsp3) is 0.667. The normalized spacial score (nSPS) is 18.0. The molecule has 1 fully saturated rings. The number of amides is 1. The molecule has 2 aromatic heterocycles. The molecule has 0 N–H and O–H groups in total. The van der Waals surface area contributed by atoms with Gasteiger partial charge in [0, 0.05) is 39.2 Å². The lowest BCUT2D eigenvalue weighted by molar-refractivity contribution is -0.133. The van der Waals surface area contributed by atoms with E-state index in [1.165, 1.54) is 0 Å². The van der Waals surface area contributed by atoms with Crippen LogP contribution in [-0.4, -0.2) is 52.1 Å². The van der Waals surface area contributed by atoms with Gasteiger partial charge in [-0.1, -0.05) is 13.8 Å². The number of imidazole rings is 1. The highest BCUT2D eigenvalue weighted by atomic mass is 16.5. The van der Waals surface area contributed by atoms with E-state index < -0.39 is 0 Å². The minimum atomic E-state index is 0.157. The number of piperidine rings is 1. The van der Waals surface area contributed by atoms with Crippen molar-refractivity contribution >= 4 is 17.1 Å². The highest BCUT2D eigenvalue weighted by Crippen LogP contribution is 2.30. The standard InChI is InChI=1S/C21H32N4O2/c1-16(15-27-4)25-18(23-17-7-6-12-22-20(17)25)8-5-9-19(26)24-13-10-21(2,3)11-14-24/h6-7,12,16H,5,8-11,13-15H2,1-4H3/t16-/m1/s1. The molecule has 27 heavy (non-hydrogen) atoms. The molecule has 2 aromatic rings. The number of likely N-dealkylation sites (tertiary alicyclic amines) is 1. The molecule has 1 saturated heterocycles. The van der Waals surface area contributed by atoms with E-state index >= 15 is 0 Å². The van der Waals surface area contributed by atoms with Crippen LogP contribution in [-0.2, 0) is 16.0 Å². The minimum absolute atomic E-state index is 0.157. The molecular formula is C21H32N4O2. The fourth-order valence-electron chi connectivity index (χ4n) is 3.85. The Kier molecular flexibility index (Phi) is 6.15. The van der Waals surface area contributed by atoms with Gasteiger partial charge < -0.3 is 14.2 Å². The number of ether oxygens (including phenoxy) is 1. The van der Waals surface area contributed by atoms with Gasteiger partial charge in [0.15, 0.2) is 5.65 Å². The Morgan fingerprint density at radius 3 is 2.78 bits per heavy atom. The number of aromatic nitrogens is 3. The smallest absolute Gasteiger partial charge is 0.222 e. The molecule has 3 rings (SSSR count). The van der Waals surface area contributed by atoms with Crippen LogP contribution in [0.2, 0.25) is 0 Å². The topological polar surface area (TPSA) is 60.2 Å². The zero-order chi connectivity index (χ0) is 19.4. The molecule has 0 radical (unpaired) electrons. The number of hydrogen-bond donors (Lipinski definition) is 0. The Labute approximate surface area is 161 Å².